The van der Waals surface area contributed by atoms with Gasteiger partial charge in [-0.25, -0.2) is 13.1 Å². The van der Waals surface area contributed by atoms with Crippen molar-refractivity contribution < 1.29 is 8.42 Å². The highest BCUT2D eigenvalue weighted by atomic mass is 32.2. The fraction of sp³-hybridized carbons (Fsp3) is 0.571. The Morgan fingerprint density at radius 2 is 1.90 bits per heavy atom. The van der Waals surface area contributed by atoms with Crippen molar-refractivity contribution in [1.29, 1.82) is 0 Å². The molecule has 0 heterocycles. The number of anilines is 1. The summed E-state index contributed by atoms with van der Waals surface area (Å²) in [4.78, 5) is 2.43. The largest absolute Gasteiger partial charge is 0.399 e. The molecule has 0 saturated heterocycles. The molecule has 1 rings (SSSR count). The van der Waals surface area contributed by atoms with Crippen molar-refractivity contribution in [2.75, 3.05) is 25.4 Å². The normalized spacial score (nSPS) is 13.7. The zero-order valence-electron chi connectivity index (χ0n) is 12.7. The third kappa shape index (κ3) is 4.47. The van der Waals surface area contributed by atoms with Crippen molar-refractivity contribution in [1.82, 2.24) is 9.62 Å². The Kier molecular flexibility index (Phi) is 5.98. The van der Waals surface area contributed by atoms with Crippen LogP contribution in [0.2, 0.25) is 0 Å². The summed E-state index contributed by atoms with van der Waals surface area (Å²) in [5, 5.41) is 0. The molecule has 6 heteroatoms. The minimum absolute atomic E-state index is 0.152. The van der Waals surface area contributed by atoms with Crippen LogP contribution in [0.15, 0.2) is 23.1 Å². The Balaban J connectivity index is 2.87. The van der Waals surface area contributed by atoms with E-state index in [0.29, 0.717) is 17.8 Å². The lowest BCUT2D eigenvalue weighted by molar-refractivity contribution is 0.282. The monoisotopic (exact) mass is 299 g/mol. The number of nitrogens with zero attached hydrogens (tertiary/aromatic N) is 1. The van der Waals surface area contributed by atoms with Crippen molar-refractivity contribution in [3.63, 3.8) is 0 Å². The van der Waals surface area contributed by atoms with Crippen LogP contribution >= 0.6 is 0 Å². The first-order valence-electron chi connectivity index (χ1n) is 6.91. The Bertz CT molecular complexity index is 539. The van der Waals surface area contributed by atoms with E-state index in [-0.39, 0.29) is 10.9 Å². The predicted molar refractivity (Wildman–Crippen MR) is 83.2 cm³/mol. The van der Waals surface area contributed by atoms with Gasteiger partial charge in [0.2, 0.25) is 10.0 Å². The molecule has 20 heavy (non-hydrogen) atoms. The van der Waals surface area contributed by atoms with Gasteiger partial charge in [0, 0.05) is 18.3 Å². The van der Waals surface area contributed by atoms with Crippen LogP contribution in [0.5, 0.6) is 0 Å². The summed E-state index contributed by atoms with van der Waals surface area (Å²) in [6.45, 7) is 10.3. The van der Waals surface area contributed by atoms with Gasteiger partial charge in [0.25, 0.3) is 0 Å². The number of likely N-dealkylation sites (N-methyl/N-ethyl adjacent to an activating group) is 1. The number of benzene rings is 1. The van der Waals surface area contributed by atoms with Crippen LogP contribution in [0, 0.1) is 6.92 Å². The molecule has 0 spiro atoms. The molecule has 3 N–H and O–H groups in total. The van der Waals surface area contributed by atoms with Crippen LogP contribution in [0.4, 0.5) is 5.69 Å². The average Bonchev–Trinajstić information content (AvgIpc) is 2.38. The van der Waals surface area contributed by atoms with Crippen molar-refractivity contribution in [2.24, 2.45) is 0 Å². The summed E-state index contributed by atoms with van der Waals surface area (Å²) in [7, 11) is -3.53. The maximum absolute atomic E-state index is 12.4. The summed E-state index contributed by atoms with van der Waals surface area (Å²) in [5.74, 6) is 0. The van der Waals surface area contributed by atoms with E-state index in [4.69, 9.17) is 5.73 Å². The minimum Gasteiger partial charge on any atom is -0.399 e. The van der Waals surface area contributed by atoms with Crippen LogP contribution in [0.3, 0.4) is 0 Å². The molecule has 1 aromatic carbocycles. The fourth-order valence-corrected chi connectivity index (χ4v) is 3.66. The van der Waals surface area contributed by atoms with Crippen LogP contribution in [-0.2, 0) is 10.0 Å². The maximum Gasteiger partial charge on any atom is 0.241 e. The number of nitrogens with two attached hydrogens (primary N) is 1. The SMILES string of the molecule is CCN(CC)CC(C)NS(=O)(=O)c1cc(N)ccc1C. The van der Waals surface area contributed by atoms with Gasteiger partial charge in [-0.3, -0.25) is 0 Å². The van der Waals surface area contributed by atoms with Crippen molar-refractivity contribution in [2.45, 2.75) is 38.6 Å². The van der Waals surface area contributed by atoms with Gasteiger partial charge in [-0.15, -0.1) is 0 Å². The second-order valence-electron chi connectivity index (χ2n) is 5.03. The second-order valence-corrected chi connectivity index (χ2v) is 6.72. The topological polar surface area (TPSA) is 75.4 Å². The van der Waals surface area contributed by atoms with Crippen LogP contribution in [0.1, 0.15) is 26.3 Å². The molecule has 0 aliphatic heterocycles. The molecule has 0 aliphatic carbocycles. The highest BCUT2D eigenvalue weighted by Crippen LogP contribution is 2.18. The van der Waals surface area contributed by atoms with Gasteiger partial charge in [0.1, 0.15) is 0 Å². The average molecular weight is 299 g/mol. The summed E-state index contributed by atoms with van der Waals surface area (Å²) < 4.78 is 27.5. The van der Waals surface area contributed by atoms with E-state index in [9.17, 15) is 8.42 Å². The lowest BCUT2D eigenvalue weighted by atomic mass is 10.2. The highest BCUT2D eigenvalue weighted by molar-refractivity contribution is 7.89. The lowest BCUT2D eigenvalue weighted by Crippen LogP contribution is -2.42. The Hall–Kier alpha value is -1.11. The molecule has 1 atom stereocenters. The fourth-order valence-electron chi connectivity index (χ4n) is 2.14. The highest BCUT2D eigenvalue weighted by Gasteiger charge is 2.20. The molecule has 114 valence electrons. The lowest BCUT2D eigenvalue weighted by Gasteiger charge is -2.23. The standard InChI is InChI=1S/C14H25N3O2S/c1-5-17(6-2)10-12(4)16-20(18,19)14-9-13(15)8-7-11(14)3/h7-9,12,16H,5-6,10,15H2,1-4H3. The summed E-state index contributed by atoms with van der Waals surface area (Å²) in [6, 6.07) is 4.77. The number of rotatable bonds is 7. The van der Waals surface area contributed by atoms with Gasteiger partial charge in [0.15, 0.2) is 0 Å². The summed E-state index contributed by atoms with van der Waals surface area (Å²) in [6.07, 6.45) is 0. The first-order valence-corrected chi connectivity index (χ1v) is 8.39. The van der Waals surface area contributed by atoms with E-state index in [1.54, 1.807) is 19.1 Å². The molecule has 0 bridgehead atoms. The number of aryl methyl sites for hydroxylation is 1. The number of nitrogen functional groups attached to an aromatic ring is 1. The van der Waals surface area contributed by atoms with E-state index in [1.165, 1.54) is 6.07 Å². The number of hydrogen-bond acceptors (Lipinski definition) is 4. The molecule has 0 saturated carbocycles. The molecular formula is C14H25N3O2S. The smallest absolute Gasteiger partial charge is 0.241 e. The Morgan fingerprint density at radius 3 is 2.45 bits per heavy atom. The van der Waals surface area contributed by atoms with Gasteiger partial charge in [-0.05, 0) is 44.6 Å². The van der Waals surface area contributed by atoms with Gasteiger partial charge in [-0.2, -0.15) is 0 Å². The summed E-state index contributed by atoms with van der Waals surface area (Å²) >= 11 is 0. The van der Waals surface area contributed by atoms with Crippen LogP contribution in [0.25, 0.3) is 0 Å². The molecule has 1 unspecified atom stereocenters. The van der Waals surface area contributed by atoms with Gasteiger partial charge >= 0.3 is 0 Å². The maximum atomic E-state index is 12.4. The van der Waals surface area contributed by atoms with Gasteiger partial charge in [0.05, 0.1) is 4.90 Å². The third-order valence-electron chi connectivity index (χ3n) is 3.28. The van der Waals surface area contributed by atoms with Crippen molar-refractivity contribution in [3.8, 4) is 0 Å². The van der Waals surface area contributed by atoms with E-state index >= 15 is 0 Å². The van der Waals surface area contributed by atoms with E-state index < -0.39 is 10.0 Å². The van der Waals surface area contributed by atoms with Crippen molar-refractivity contribution in [3.05, 3.63) is 23.8 Å². The van der Waals surface area contributed by atoms with Crippen LogP contribution in [-0.4, -0.2) is 39.0 Å². The third-order valence-corrected chi connectivity index (χ3v) is 5.02. The van der Waals surface area contributed by atoms with Gasteiger partial charge in [-0.1, -0.05) is 19.9 Å². The molecule has 0 aromatic heterocycles. The zero-order valence-corrected chi connectivity index (χ0v) is 13.5. The minimum atomic E-state index is -3.53. The van der Waals surface area contributed by atoms with Crippen molar-refractivity contribution >= 4 is 15.7 Å². The Morgan fingerprint density at radius 1 is 1.30 bits per heavy atom. The second kappa shape index (κ2) is 7.06. The van der Waals surface area contributed by atoms with E-state index in [2.05, 4.69) is 23.5 Å². The number of hydrogen-bond donors (Lipinski definition) is 2. The molecule has 1 aromatic rings. The number of nitrogens with one attached hydrogen (secondary N) is 1. The predicted octanol–water partition coefficient (Wildman–Crippen LogP) is 1.59. The number of sulfonamides is 1. The quantitative estimate of drug-likeness (QED) is 0.750. The first-order chi connectivity index (χ1) is 9.30. The molecule has 5 nitrogen and oxygen atoms in total. The molecule has 0 aliphatic rings. The molecule has 0 fully saturated rings. The molecule has 0 amide bonds. The zero-order chi connectivity index (χ0) is 15.3. The Labute approximate surface area is 122 Å². The van der Waals surface area contributed by atoms with E-state index in [0.717, 1.165) is 13.1 Å². The van der Waals surface area contributed by atoms with E-state index in [1.807, 2.05) is 6.92 Å². The van der Waals surface area contributed by atoms with Gasteiger partial charge < -0.3 is 10.6 Å². The molecule has 0 radical (unpaired) electrons. The first kappa shape index (κ1) is 16.9. The van der Waals surface area contributed by atoms with Crippen LogP contribution < -0.4 is 10.5 Å². The summed E-state index contributed by atoms with van der Waals surface area (Å²) in [5.41, 5.74) is 6.83. The molecular weight excluding hydrogens is 274 g/mol.